The highest BCUT2D eigenvalue weighted by molar-refractivity contribution is 5.49. The van der Waals surface area contributed by atoms with Crippen LogP contribution in [0.15, 0.2) is 18.2 Å². The van der Waals surface area contributed by atoms with Gasteiger partial charge in [-0.1, -0.05) is 0 Å². The van der Waals surface area contributed by atoms with Gasteiger partial charge in [0.2, 0.25) is 0 Å². The maximum absolute atomic E-state index is 13.7. The number of hydrogen-bond donors (Lipinski definition) is 1. The van der Waals surface area contributed by atoms with E-state index >= 15 is 0 Å². The van der Waals surface area contributed by atoms with Gasteiger partial charge >= 0.3 is 0 Å². The largest absolute Gasteiger partial charge is 0.493 e. The molecule has 6 heteroatoms. The van der Waals surface area contributed by atoms with Crippen molar-refractivity contribution in [2.75, 3.05) is 25.6 Å². The monoisotopic (exact) mass is 332 g/mol. The summed E-state index contributed by atoms with van der Waals surface area (Å²) in [4.78, 5) is 2.07. The normalized spacial score (nSPS) is 17.1. The van der Waals surface area contributed by atoms with Crippen molar-refractivity contribution >= 4 is 5.82 Å². The summed E-state index contributed by atoms with van der Waals surface area (Å²) in [6.07, 6.45) is 1.87. The molecule has 3 rings (SSSR count). The van der Waals surface area contributed by atoms with Gasteiger partial charge in [-0.05, 0) is 38.0 Å². The molecule has 0 fully saturated rings. The lowest BCUT2D eigenvalue weighted by Gasteiger charge is -2.20. The van der Waals surface area contributed by atoms with E-state index in [1.54, 1.807) is 12.1 Å². The highest BCUT2D eigenvalue weighted by Gasteiger charge is 2.22. The summed E-state index contributed by atoms with van der Waals surface area (Å²) in [5.74, 6) is 1.64. The molecule has 5 nitrogen and oxygen atoms in total. The average molecular weight is 332 g/mol. The summed E-state index contributed by atoms with van der Waals surface area (Å²) in [5.41, 5.74) is 3.09. The van der Waals surface area contributed by atoms with Gasteiger partial charge in [0.25, 0.3) is 0 Å². The van der Waals surface area contributed by atoms with Crippen LogP contribution in [0.5, 0.6) is 5.75 Å². The molecule has 1 aliphatic rings. The molecule has 0 saturated heterocycles. The van der Waals surface area contributed by atoms with E-state index in [4.69, 9.17) is 4.74 Å². The molecule has 1 aromatic carbocycles. The van der Waals surface area contributed by atoms with E-state index in [2.05, 4.69) is 15.3 Å². The SMILES string of the molecule is Cc1nn(C)c(N(C)C)c1CN[C@H]1CCCOc2ccc(F)cc21. The number of halogens is 1. The minimum Gasteiger partial charge on any atom is -0.493 e. The lowest BCUT2D eigenvalue weighted by molar-refractivity contribution is 0.315. The number of aromatic nitrogens is 2. The highest BCUT2D eigenvalue weighted by Crippen LogP contribution is 2.33. The van der Waals surface area contributed by atoms with Gasteiger partial charge in [0, 0.05) is 44.9 Å². The minimum atomic E-state index is -0.224. The zero-order valence-electron chi connectivity index (χ0n) is 14.8. The second-order valence-electron chi connectivity index (χ2n) is 6.51. The van der Waals surface area contributed by atoms with Crippen LogP contribution in [0.1, 0.15) is 35.7 Å². The maximum atomic E-state index is 13.7. The molecule has 0 aliphatic carbocycles. The summed E-state index contributed by atoms with van der Waals surface area (Å²) < 4.78 is 21.3. The summed E-state index contributed by atoms with van der Waals surface area (Å²) in [6, 6.07) is 4.84. The van der Waals surface area contributed by atoms with Crippen molar-refractivity contribution in [3.8, 4) is 5.75 Å². The van der Waals surface area contributed by atoms with Gasteiger partial charge in [0.15, 0.2) is 0 Å². The van der Waals surface area contributed by atoms with Crippen LogP contribution in [0.25, 0.3) is 0 Å². The Hall–Kier alpha value is -2.08. The van der Waals surface area contributed by atoms with Crippen LogP contribution in [0.4, 0.5) is 10.2 Å². The van der Waals surface area contributed by atoms with Gasteiger partial charge in [-0.3, -0.25) is 4.68 Å². The first kappa shape index (κ1) is 16.8. The first-order valence-corrected chi connectivity index (χ1v) is 8.32. The van der Waals surface area contributed by atoms with Crippen molar-refractivity contribution in [3.05, 3.63) is 40.8 Å². The molecule has 1 atom stereocenters. The molecule has 2 heterocycles. The molecule has 0 bridgehead atoms. The van der Waals surface area contributed by atoms with E-state index < -0.39 is 0 Å². The van der Waals surface area contributed by atoms with Gasteiger partial charge in [0.05, 0.1) is 12.3 Å². The molecule has 2 aromatic rings. The van der Waals surface area contributed by atoms with Gasteiger partial charge in [-0.2, -0.15) is 5.10 Å². The van der Waals surface area contributed by atoms with Gasteiger partial charge in [-0.15, -0.1) is 0 Å². The number of nitrogens with one attached hydrogen (secondary N) is 1. The Morgan fingerprint density at radius 1 is 1.42 bits per heavy atom. The second kappa shape index (κ2) is 6.81. The summed E-state index contributed by atoms with van der Waals surface area (Å²) in [7, 11) is 5.99. The first-order chi connectivity index (χ1) is 11.5. The molecular weight excluding hydrogens is 307 g/mol. The number of fused-ring (bicyclic) bond motifs is 1. The number of aryl methyl sites for hydroxylation is 2. The Balaban J connectivity index is 1.84. The molecule has 130 valence electrons. The van der Waals surface area contributed by atoms with Crippen molar-refractivity contribution < 1.29 is 9.13 Å². The number of benzene rings is 1. The van der Waals surface area contributed by atoms with Crippen LogP contribution in [0.3, 0.4) is 0 Å². The smallest absolute Gasteiger partial charge is 0.130 e. The molecule has 24 heavy (non-hydrogen) atoms. The maximum Gasteiger partial charge on any atom is 0.130 e. The second-order valence-corrected chi connectivity index (χ2v) is 6.51. The highest BCUT2D eigenvalue weighted by atomic mass is 19.1. The van der Waals surface area contributed by atoms with Crippen molar-refractivity contribution in [2.45, 2.75) is 32.4 Å². The van der Waals surface area contributed by atoms with E-state index in [1.165, 1.54) is 11.6 Å². The Morgan fingerprint density at radius 3 is 2.96 bits per heavy atom. The Labute approximate surface area is 142 Å². The van der Waals surface area contributed by atoms with E-state index in [9.17, 15) is 4.39 Å². The van der Waals surface area contributed by atoms with Crippen molar-refractivity contribution in [1.29, 1.82) is 0 Å². The predicted molar refractivity (Wildman–Crippen MR) is 93.0 cm³/mol. The molecule has 1 aliphatic heterocycles. The van der Waals surface area contributed by atoms with E-state index in [-0.39, 0.29) is 11.9 Å². The van der Waals surface area contributed by atoms with E-state index in [1.807, 2.05) is 32.7 Å². The van der Waals surface area contributed by atoms with Gasteiger partial charge < -0.3 is 15.0 Å². The third kappa shape index (κ3) is 3.24. The molecule has 0 unspecified atom stereocenters. The minimum absolute atomic E-state index is 0.0767. The Bertz CT molecular complexity index is 726. The van der Waals surface area contributed by atoms with E-state index in [0.29, 0.717) is 13.2 Å². The Morgan fingerprint density at radius 2 is 2.21 bits per heavy atom. The lowest BCUT2D eigenvalue weighted by atomic mass is 10.0. The fraction of sp³-hybridized carbons (Fsp3) is 0.500. The van der Waals surface area contributed by atoms with Crippen LogP contribution in [-0.4, -0.2) is 30.5 Å². The third-order valence-corrected chi connectivity index (χ3v) is 4.50. The number of anilines is 1. The van der Waals surface area contributed by atoms with Crippen LogP contribution < -0.4 is 15.0 Å². The lowest BCUT2D eigenvalue weighted by Crippen LogP contribution is -2.23. The fourth-order valence-corrected chi connectivity index (χ4v) is 3.44. The topological polar surface area (TPSA) is 42.3 Å². The Kier molecular flexibility index (Phi) is 4.76. The number of nitrogens with zero attached hydrogens (tertiary/aromatic N) is 3. The van der Waals surface area contributed by atoms with E-state index in [0.717, 1.165) is 35.7 Å². The number of hydrogen-bond acceptors (Lipinski definition) is 4. The first-order valence-electron chi connectivity index (χ1n) is 8.32. The molecule has 1 aromatic heterocycles. The molecule has 0 saturated carbocycles. The van der Waals surface area contributed by atoms with Crippen molar-refractivity contribution in [1.82, 2.24) is 15.1 Å². The quantitative estimate of drug-likeness (QED) is 0.935. The van der Waals surface area contributed by atoms with Crippen molar-refractivity contribution in [2.24, 2.45) is 7.05 Å². The molecule has 0 radical (unpaired) electrons. The number of ether oxygens (including phenoxy) is 1. The van der Waals surface area contributed by atoms with Gasteiger partial charge in [0.1, 0.15) is 17.4 Å². The van der Waals surface area contributed by atoms with Crippen LogP contribution in [0.2, 0.25) is 0 Å². The zero-order valence-corrected chi connectivity index (χ0v) is 14.8. The summed E-state index contributed by atoms with van der Waals surface area (Å²) in [5, 5.41) is 8.11. The van der Waals surface area contributed by atoms with Gasteiger partial charge in [-0.25, -0.2) is 4.39 Å². The molecular formula is C18H25FN4O. The van der Waals surface area contributed by atoms with Crippen molar-refractivity contribution in [3.63, 3.8) is 0 Å². The fourth-order valence-electron chi connectivity index (χ4n) is 3.44. The predicted octanol–water partition coefficient (Wildman–Crippen LogP) is 2.94. The summed E-state index contributed by atoms with van der Waals surface area (Å²) >= 11 is 0. The zero-order chi connectivity index (χ0) is 17.3. The number of rotatable bonds is 4. The average Bonchev–Trinajstić information content (AvgIpc) is 2.68. The standard InChI is InChI=1S/C18H25FN4O/c1-12-15(18(22(2)3)23(4)21-12)11-20-16-6-5-9-24-17-8-7-13(19)10-14(16)17/h7-8,10,16,20H,5-6,9,11H2,1-4H3/t16-/m0/s1. The van der Waals surface area contributed by atoms with Crippen LogP contribution in [-0.2, 0) is 13.6 Å². The molecule has 1 N–H and O–H groups in total. The van der Waals surface area contributed by atoms with Crippen LogP contribution >= 0.6 is 0 Å². The third-order valence-electron chi connectivity index (χ3n) is 4.50. The molecule has 0 amide bonds. The summed E-state index contributed by atoms with van der Waals surface area (Å²) in [6.45, 7) is 3.38. The van der Waals surface area contributed by atoms with Crippen LogP contribution in [0, 0.1) is 12.7 Å². The molecule has 0 spiro atoms.